The van der Waals surface area contributed by atoms with E-state index in [1.807, 2.05) is 0 Å². The molecular formula is C8H8FeO3+2. The maximum Gasteiger partial charge on any atom is 2.00 e. The summed E-state index contributed by atoms with van der Waals surface area (Å²) in [5.41, 5.74) is 0.486. The Kier molecular flexibility index (Phi) is 4.40. The fraction of sp³-hybridized carbons (Fsp3) is 0.125. The van der Waals surface area contributed by atoms with Gasteiger partial charge in [-0.25, -0.2) is 0 Å². The number of phenolic OH excluding ortho intramolecular Hbond substituents is 1. The van der Waals surface area contributed by atoms with E-state index in [4.69, 9.17) is 9.84 Å². The number of rotatable bonds is 2. The molecule has 12 heavy (non-hydrogen) atoms. The quantitative estimate of drug-likeness (QED) is 0.586. The molecule has 0 spiro atoms. The maximum absolute atomic E-state index is 10.2. The zero-order valence-corrected chi connectivity index (χ0v) is 7.53. The molecule has 0 unspecified atom stereocenters. The topological polar surface area (TPSA) is 46.5 Å². The number of aromatic hydroxyl groups is 1. The Morgan fingerprint density at radius 2 is 2.17 bits per heavy atom. The van der Waals surface area contributed by atoms with Crippen molar-refractivity contribution in [2.45, 2.75) is 0 Å². The largest absolute Gasteiger partial charge is 2.00 e. The van der Waals surface area contributed by atoms with Crippen LogP contribution in [0, 0.1) is 0 Å². The van der Waals surface area contributed by atoms with Crippen LogP contribution in [0.2, 0.25) is 0 Å². The van der Waals surface area contributed by atoms with Crippen LogP contribution in [-0.4, -0.2) is 18.5 Å². The third kappa shape index (κ3) is 2.26. The van der Waals surface area contributed by atoms with Crippen molar-refractivity contribution < 1.29 is 31.7 Å². The van der Waals surface area contributed by atoms with E-state index in [1.165, 1.54) is 25.3 Å². The van der Waals surface area contributed by atoms with Gasteiger partial charge < -0.3 is 9.84 Å². The molecule has 0 aromatic heterocycles. The van der Waals surface area contributed by atoms with Crippen molar-refractivity contribution in [3.05, 3.63) is 23.8 Å². The first-order chi connectivity index (χ1) is 5.27. The number of hydrogen-bond acceptors (Lipinski definition) is 3. The number of ether oxygens (including phenoxy) is 1. The molecule has 0 aliphatic rings. The SMILES string of the molecule is COc1cc(C=O)ccc1O.[Fe+2]. The van der Waals surface area contributed by atoms with Crippen LogP contribution in [0.15, 0.2) is 18.2 Å². The number of hydrogen-bond donors (Lipinski definition) is 1. The Morgan fingerprint density at radius 3 is 2.67 bits per heavy atom. The van der Waals surface area contributed by atoms with E-state index >= 15 is 0 Å². The van der Waals surface area contributed by atoms with E-state index in [2.05, 4.69) is 0 Å². The monoisotopic (exact) mass is 208 g/mol. The summed E-state index contributed by atoms with van der Waals surface area (Å²) >= 11 is 0. The Bertz CT molecular complexity index is 273. The number of methoxy groups -OCH3 is 1. The summed E-state index contributed by atoms with van der Waals surface area (Å²) in [5.74, 6) is 0.354. The number of carbonyl (C=O) groups is 1. The van der Waals surface area contributed by atoms with Gasteiger partial charge in [-0.05, 0) is 18.2 Å². The van der Waals surface area contributed by atoms with Crippen molar-refractivity contribution in [2.24, 2.45) is 0 Å². The second kappa shape index (κ2) is 4.80. The van der Waals surface area contributed by atoms with Crippen molar-refractivity contribution in [1.82, 2.24) is 0 Å². The van der Waals surface area contributed by atoms with Gasteiger partial charge in [0.05, 0.1) is 7.11 Å². The molecule has 1 aromatic rings. The van der Waals surface area contributed by atoms with Crippen molar-refractivity contribution in [1.29, 1.82) is 0 Å². The van der Waals surface area contributed by atoms with E-state index in [0.29, 0.717) is 17.6 Å². The average Bonchev–Trinajstić information content (AvgIpc) is 2.05. The van der Waals surface area contributed by atoms with Gasteiger partial charge in [-0.15, -0.1) is 0 Å². The minimum Gasteiger partial charge on any atom is -0.504 e. The van der Waals surface area contributed by atoms with Gasteiger partial charge in [0.1, 0.15) is 6.29 Å². The molecule has 1 N–H and O–H groups in total. The summed E-state index contributed by atoms with van der Waals surface area (Å²) < 4.78 is 4.78. The summed E-state index contributed by atoms with van der Waals surface area (Å²) in [6, 6.07) is 4.41. The van der Waals surface area contributed by atoms with Crippen LogP contribution in [0.4, 0.5) is 0 Å². The number of carbonyl (C=O) groups excluding carboxylic acids is 1. The van der Waals surface area contributed by atoms with Crippen LogP contribution in [0.3, 0.4) is 0 Å². The van der Waals surface area contributed by atoms with E-state index in [9.17, 15) is 4.79 Å². The molecule has 3 nitrogen and oxygen atoms in total. The third-order valence-electron chi connectivity index (χ3n) is 1.34. The molecule has 0 heterocycles. The number of phenols is 1. The summed E-state index contributed by atoms with van der Waals surface area (Å²) in [4.78, 5) is 10.2. The Morgan fingerprint density at radius 1 is 1.50 bits per heavy atom. The molecule has 0 amide bonds. The summed E-state index contributed by atoms with van der Waals surface area (Å²) in [6.07, 6.45) is 0.696. The minimum atomic E-state index is 0. The third-order valence-corrected chi connectivity index (χ3v) is 1.34. The molecule has 64 valence electrons. The van der Waals surface area contributed by atoms with E-state index < -0.39 is 0 Å². The van der Waals surface area contributed by atoms with Gasteiger partial charge in [0.15, 0.2) is 11.5 Å². The standard InChI is InChI=1S/C8H8O3.Fe/c1-11-8-4-6(5-9)2-3-7(8)10;/h2-5,10H,1H3;/q;+2. The molecule has 0 bridgehead atoms. The Labute approximate surface area is 80.8 Å². The second-order valence-corrected chi connectivity index (χ2v) is 2.05. The first-order valence-electron chi connectivity index (χ1n) is 3.10. The normalized spacial score (nSPS) is 8.42. The summed E-state index contributed by atoms with van der Waals surface area (Å²) in [6.45, 7) is 0. The molecular weight excluding hydrogens is 200 g/mol. The van der Waals surface area contributed by atoms with Crippen molar-refractivity contribution in [2.75, 3.05) is 7.11 Å². The molecule has 0 radical (unpaired) electrons. The molecule has 0 saturated heterocycles. The smallest absolute Gasteiger partial charge is 0.504 e. The van der Waals surface area contributed by atoms with Crippen molar-refractivity contribution in [3.63, 3.8) is 0 Å². The molecule has 1 rings (SSSR count). The molecule has 1 aromatic carbocycles. The van der Waals surface area contributed by atoms with Gasteiger partial charge in [0.25, 0.3) is 0 Å². The minimum absolute atomic E-state index is 0. The Balaban J connectivity index is 0.00000121. The fourth-order valence-electron chi connectivity index (χ4n) is 0.768. The molecule has 0 aliphatic heterocycles. The molecule has 0 atom stereocenters. The van der Waals surface area contributed by atoms with Crippen LogP contribution < -0.4 is 4.74 Å². The molecule has 0 aliphatic carbocycles. The predicted molar refractivity (Wildman–Crippen MR) is 40.0 cm³/mol. The van der Waals surface area contributed by atoms with Gasteiger partial charge in [0, 0.05) is 5.56 Å². The van der Waals surface area contributed by atoms with Gasteiger partial charge in [-0.3, -0.25) is 4.79 Å². The average molecular weight is 208 g/mol. The number of benzene rings is 1. The molecule has 0 fully saturated rings. The zero-order valence-electron chi connectivity index (χ0n) is 6.43. The first kappa shape index (κ1) is 11.0. The van der Waals surface area contributed by atoms with Crippen molar-refractivity contribution >= 4 is 6.29 Å². The second-order valence-electron chi connectivity index (χ2n) is 2.05. The van der Waals surface area contributed by atoms with E-state index in [1.54, 1.807) is 0 Å². The van der Waals surface area contributed by atoms with Crippen LogP contribution in [0.5, 0.6) is 11.5 Å². The van der Waals surface area contributed by atoms with Crippen LogP contribution in [0.1, 0.15) is 10.4 Å². The fourth-order valence-corrected chi connectivity index (χ4v) is 0.768. The van der Waals surface area contributed by atoms with Crippen LogP contribution in [0.25, 0.3) is 0 Å². The number of aldehydes is 1. The van der Waals surface area contributed by atoms with Crippen molar-refractivity contribution in [3.8, 4) is 11.5 Å². The first-order valence-corrected chi connectivity index (χ1v) is 3.10. The maximum atomic E-state index is 10.2. The van der Waals surface area contributed by atoms with E-state index in [0.717, 1.165) is 0 Å². The summed E-state index contributed by atoms with van der Waals surface area (Å²) in [5, 5.41) is 9.09. The van der Waals surface area contributed by atoms with E-state index in [-0.39, 0.29) is 22.8 Å². The zero-order chi connectivity index (χ0) is 8.27. The van der Waals surface area contributed by atoms with Gasteiger partial charge in [-0.2, -0.15) is 0 Å². The Hall–Kier alpha value is -0.991. The predicted octanol–water partition coefficient (Wildman–Crippen LogP) is 1.21. The van der Waals surface area contributed by atoms with Crippen LogP contribution >= 0.6 is 0 Å². The van der Waals surface area contributed by atoms with Gasteiger partial charge >= 0.3 is 17.1 Å². The van der Waals surface area contributed by atoms with Crippen LogP contribution in [-0.2, 0) is 17.1 Å². The van der Waals surface area contributed by atoms with Gasteiger partial charge in [-0.1, -0.05) is 0 Å². The summed E-state index contributed by atoms with van der Waals surface area (Å²) in [7, 11) is 1.43. The van der Waals surface area contributed by atoms with Gasteiger partial charge in [0.2, 0.25) is 0 Å². The molecule has 0 saturated carbocycles. The molecule has 4 heteroatoms.